The van der Waals surface area contributed by atoms with Crippen molar-refractivity contribution < 1.29 is 9.90 Å². The Morgan fingerprint density at radius 1 is 1.33 bits per heavy atom. The predicted octanol–water partition coefficient (Wildman–Crippen LogP) is 3.16. The van der Waals surface area contributed by atoms with Gasteiger partial charge in [0.25, 0.3) is 0 Å². The van der Waals surface area contributed by atoms with Crippen LogP contribution in [0.25, 0.3) is 0 Å². The Bertz CT molecular complexity index is 578. The van der Waals surface area contributed by atoms with Gasteiger partial charge in [0.15, 0.2) is 0 Å². The van der Waals surface area contributed by atoms with Crippen LogP contribution >= 0.6 is 11.3 Å². The number of thiazole rings is 1. The minimum Gasteiger partial charge on any atom is -0.390 e. The number of amides is 1. The molecule has 112 valence electrons. The average Bonchev–Trinajstić information content (AvgIpc) is 2.94. The van der Waals surface area contributed by atoms with Crippen LogP contribution in [0.2, 0.25) is 0 Å². The van der Waals surface area contributed by atoms with Crippen molar-refractivity contribution in [2.75, 3.05) is 5.32 Å². The van der Waals surface area contributed by atoms with Crippen molar-refractivity contribution in [2.24, 2.45) is 0 Å². The number of rotatable bonds is 7. The first-order chi connectivity index (χ1) is 10.2. The number of aryl methyl sites for hydroxylation is 1. The topological polar surface area (TPSA) is 62.2 Å². The Kier molecular flexibility index (Phi) is 5.90. The zero-order chi connectivity index (χ0) is 15.1. The SMILES string of the molecule is CCCCc1ccc(NC(=O)Cc2nc(CO)cs2)cc1. The van der Waals surface area contributed by atoms with E-state index in [1.54, 1.807) is 5.38 Å². The van der Waals surface area contributed by atoms with E-state index in [1.807, 2.05) is 12.1 Å². The standard InChI is InChI=1S/C16H20N2O2S/c1-2-3-4-12-5-7-13(8-6-12)17-15(20)9-16-18-14(10-19)11-21-16/h5-8,11,19H,2-4,9-10H2,1H3,(H,17,20). The molecule has 1 aromatic heterocycles. The molecule has 0 aliphatic heterocycles. The second kappa shape index (κ2) is 7.90. The van der Waals surface area contributed by atoms with Crippen LogP contribution in [-0.4, -0.2) is 16.0 Å². The molecule has 1 heterocycles. The molecule has 2 aromatic rings. The number of unbranched alkanes of at least 4 members (excludes halogenated alkanes) is 1. The number of carbonyl (C=O) groups excluding carboxylic acids is 1. The van der Waals surface area contributed by atoms with Gasteiger partial charge in [-0.25, -0.2) is 4.98 Å². The molecule has 2 N–H and O–H groups in total. The van der Waals surface area contributed by atoms with Gasteiger partial charge in [-0.05, 0) is 30.5 Å². The molecule has 1 aromatic carbocycles. The molecule has 0 saturated heterocycles. The number of nitrogens with zero attached hydrogens (tertiary/aromatic N) is 1. The molecule has 0 aliphatic carbocycles. The van der Waals surface area contributed by atoms with Crippen molar-refractivity contribution >= 4 is 22.9 Å². The molecule has 5 heteroatoms. The van der Waals surface area contributed by atoms with E-state index < -0.39 is 0 Å². The number of benzene rings is 1. The van der Waals surface area contributed by atoms with E-state index in [-0.39, 0.29) is 18.9 Å². The van der Waals surface area contributed by atoms with E-state index in [2.05, 4.69) is 29.4 Å². The monoisotopic (exact) mass is 304 g/mol. The van der Waals surface area contributed by atoms with Crippen LogP contribution in [0.5, 0.6) is 0 Å². The molecule has 1 amide bonds. The summed E-state index contributed by atoms with van der Waals surface area (Å²) in [6.45, 7) is 2.09. The molecule has 0 atom stereocenters. The van der Waals surface area contributed by atoms with Gasteiger partial charge in [-0.3, -0.25) is 4.79 Å². The highest BCUT2D eigenvalue weighted by molar-refractivity contribution is 7.09. The van der Waals surface area contributed by atoms with Crippen molar-refractivity contribution in [1.29, 1.82) is 0 Å². The maximum Gasteiger partial charge on any atom is 0.231 e. The highest BCUT2D eigenvalue weighted by Gasteiger charge is 2.08. The lowest BCUT2D eigenvalue weighted by atomic mass is 10.1. The number of hydrogen-bond donors (Lipinski definition) is 2. The third-order valence-electron chi connectivity index (χ3n) is 3.13. The minimum absolute atomic E-state index is 0.0860. The second-order valence-electron chi connectivity index (χ2n) is 4.92. The third-order valence-corrected chi connectivity index (χ3v) is 4.03. The fourth-order valence-electron chi connectivity index (χ4n) is 1.98. The van der Waals surface area contributed by atoms with E-state index in [4.69, 9.17) is 5.11 Å². The number of nitrogens with one attached hydrogen (secondary N) is 1. The van der Waals surface area contributed by atoms with Gasteiger partial charge in [-0.2, -0.15) is 0 Å². The maximum absolute atomic E-state index is 11.9. The largest absolute Gasteiger partial charge is 0.390 e. The Hall–Kier alpha value is -1.72. The third kappa shape index (κ3) is 4.95. The van der Waals surface area contributed by atoms with Crippen molar-refractivity contribution in [3.05, 3.63) is 45.9 Å². The van der Waals surface area contributed by atoms with Gasteiger partial charge in [0.05, 0.1) is 18.7 Å². The van der Waals surface area contributed by atoms with Gasteiger partial charge in [0.1, 0.15) is 5.01 Å². The molecular formula is C16H20N2O2S. The Morgan fingerprint density at radius 2 is 2.10 bits per heavy atom. The van der Waals surface area contributed by atoms with Crippen LogP contribution in [-0.2, 0) is 24.2 Å². The van der Waals surface area contributed by atoms with Crippen LogP contribution in [0.1, 0.15) is 36.0 Å². The zero-order valence-electron chi connectivity index (χ0n) is 12.1. The van der Waals surface area contributed by atoms with Crippen LogP contribution in [0, 0.1) is 0 Å². The Morgan fingerprint density at radius 3 is 2.71 bits per heavy atom. The van der Waals surface area contributed by atoms with Crippen LogP contribution in [0.15, 0.2) is 29.6 Å². The van der Waals surface area contributed by atoms with Gasteiger partial charge in [-0.1, -0.05) is 25.5 Å². The van der Waals surface area contributed by atoms with Gasteiger partial charge < -0.3 is 10.4 Å². The molecule has 0 spiro atoms. The predicted molar refractivity (Wildman–Crippen MR) is 85.4 cm³/mol. The van der Waals surface area contributed by atoms with Crippen molar-refractivity contribution in [2.45, 2.75) is 39.2 Å². The van der Waals surface area contributed by atoms with E-state index in [0.29, 0.717) is 5.69 Å². The van der Waals surface area contributed by atoms with Crippen molar-refractivity contribution in [1.82, 2.24) is 4.98 Å². The molecule has 2 rings (SSSR count). The Balaban J connectivity index is 1.87. The highest BCUT2D eigenvalue weighted by Crippen LogP contribution is 2.14. The molecule has 0 unspecified atom stereocenters. The molecule has 0 aliphatic rings. The Labute approximate surface area is 128 Å². The van der Waals surface area contributed by atoms with E-state index >= 15 is 0 Å². The summed E-state index contributed by atoms with van der Waals surface area (Å²) >= 11 is 1.39. The number of carbonyl (C=O) groups is 1. The number of aromatic nitrogens is 1. The summed E-state index contributed by atoms with van der Waals surface area (Å²) in [5.74, 6) is -0.0878. The summed E-state index contributed by atoms with van der Waals surface area (Å²) < 4.78 is 0. The quantitative estimate of drug-likeness (QED) is 0.826. The first kappa shape index (κ1) is 15.7. The lowest BCUT2D eigenvalue weighted by molar-refractivity contribution is -0.115. The number of hydrogen-bond acceptors (Lipinski definition) is 4. The molecule has 0 bridgehead atoms. The minimum atomic E-state index is -0.0878. The summed E-state index contributed by atoms with van der Waals surface area (Å²) in [7, 11) is 0. The van der Waals surface area contributed by atoms with E-state index in [9.17, 15) is 4.79 Å². The lowest BCUT2D eigenvalue weighted by Gasteiger charge is -2.05. The first-order valence-electron chi connectivity index (χ1n) is 7.14. The number of aliphatic hydroxyl groups is 1. The normalized spacial score (nSPS) is 10.6. The molecule has 4 nitrogen and oxygen atoms in total. The molecule has 21 heavy (non-hydrogen) atoms. The summed E-state index contributed by atoms with van der Waals surface area (Å²) in [5.41, 5.74) is 2.71. The van der Waals surface area contributed by atoms with E-state index in [0.717, 1.165) is 17.1 Å². The summed E-state index contributed by atoms with van der Waals surface area (Å²) in [6, 6.07) is 7.98. The first-order valence-corrected chi connectivity index (χ1v) is 8.02. The molecule has 0 fully saturated rings. The summed E-state index contributed by atoms with van der Waals surface area (Å²) in [4.78, 5) is 16.1. The van der Waals surface area contributed by atoms with Gasteiger partial charge >= 0.3 is 0 Å². The van der Waals surface area contributed by atoms with Crippen molar-refractivity contribution in [3.63, 3.8) is 0 Å². The number of aliphatic hydroxyl groups excluding tert-OH is 1. The van der Waals surface area contributed by atoms with E-state index in [1.165, 1.54) is 29.7 Å². The highest BCUT2D eigenvalue weighted by atomic mass is 32.1. The molecule has 0 radical (unpaired) electrons. The molecule has 0 saturated carbocycles. The zero-order valence-corrected chi connectivity index (χ0v) is 12.9. The maximum atomic E-state index is 11.9. The van der Waals surface area contributed by atoms with Crippen LogP contribution in [0.3, 0.4) is 0 Å². The molecular weight excluding hydrogens is 284 g/mol. The van der Waals surface area contributed by atoms with Gasteiger partial charge in [0.2, 0.25) is 5.91 Å². The van der Waals surface area contributed by atoms with Gasteiger partial charge in [-0.15, -0.1) is 11.3 Å². The summed E-state index contributed by atoms with van der Waals surface area (Å²) in [6.07, 6.45) is 3.68. The average molecular weight is 304 g/mol. The number of anilines is 1. The summed E-state index contributed by atoms with van der Waals surface area (Å²) in [5, 5.41) is 14.3. The fraction of sp³-hybridized carbons (Fsp3) is 0.375. The van der Waals surface area contributed by atoms with Crippen LogP contribution < -0.4 is 5.32 Å². The fourth-order valence-corrected chi connectivity index (χ4v) is 2.76. The smallest absolute Gasteiger partial charge is 0.231 e. The van der Waals surface area contributed by atoms with Gasteiger partial charge in [0, 0.05) is 11.1 Å². The van der Waals surface area contributed by atoms with Crippen molar-refractivity contribution in [3.8, 4) is 0 Å². The lowest BCUT2D eigenvalue weighted by Crippen LogP contribution is -2.14. The van der Waals surface area contributed by atoms with Crippen LogP contribution in [0.4, 0.5) is 5.69 Å². The second-order valence-corrected chi connectivity index (χ2v) is 5.86.